The van der Waals surface area contributed by atoms with E-state index in [1.54, 1.807) is 16.4 Å². The van der Waals surface area contributed by atoms with Crippen molar-refractivity contribution in [3.63, 3.8) is 0 Å². The number of para-hydroxylation sites is 1. The van der Waals surface area contributed by atoms with Crippen molar-refractivity contribution in [1.82, 2.24) is 25.5 Å². The predicted molar refractivity (Wildman–Crippen MR) is 135 cm³/mol. The Morgan fingerprint density at radius 1 is 0.909 bits per heavy atom. The second-order valence-corrected chi connectivity index (χ2v) is 8.57. The molecule has 3 aromatic carbocycles. The molecule has 0 aliphatic carbocycles. The number of hydrogen-bond donors (Lipinski definition) is 1. The van der Waals surface area contributed by atoms with Crippen LogP contribution in [0.4, 0.5) is 0 Å². The monoisotopic (exact) mass is 481 g/mol. The largest absolute Gasteiger partial charge is 0.489 e. The van der Waals surface area contributed by atoms with Crippen LogP contribution in [0.5, 0.6) is 5.75 Å². The molecule has 0 spiro atoms. The van der Waals surface area contributed by atoms with Crippen LogP contribution in [-0.4, -0.2) is 32.5 Å². The number of hydrogen-bond acceptors (Lipinski definition) is 6. The highest BCUT2D eigenvalue weighted by atomic mass is 35.5. The van der Waals surface area contributed by atoms with E-state index in [0.717, 1.165) is 41.9 Å². The fraction of sp³-hybridized carbons (Fsp3) is 0.240. The van der Waals surface area contributed by atoms with Crippen LogP contribution in [0.2, 0.25) is 0 Å². The van der Waals surface area contributed by atoms with Gasteiger partial charge < -0.3 is 10.1 Å². The molecule has 0 amide bonds. The van der Waals surface area contributed by atoms with Gasteiger partial charge in [-0.05, 0) is 65.7 Å². The van der Waals surface area contributed by atoms with Gasteiger partial charge in [0.1, 0.15) is 12.4 Å². The lowest BCUT2D eigenvalue weighted by atomic mass is 10.2. The third-order valence-electron chi connectivity index (χ3n) is 4.95. The molecule has 0 aliphatic rings. The second kappa shape index (κ2) is 13.0. The molecule has 0 unspecified atom stereocenters. The van der Waals surface area contributed by atoms with E-state index in [9.17, 15) is 0 Å². The molecular weight excluding hydrogens is 454 g/mol. The van der Waals surface area contributed by atoms with Crippen molar-refractivity contribution in [2.75, 3.05) is 12.3 Å². The summed E-state index contributed by atoms with van der Waals surface area (Å²) in [6.45, 7) is 4.45. The van der Waals surface area contributed by atoms with E-state index >= 15 is 0 Å². The molecule has 0 saturated carbocycles. The van der Waals surface area contributed by atoms with E-state index in [1.807, 2.05) is 42.5 Å². The van der Waals surface area contributed by atoms with Crippen LogP contribution in [-0.2, 0) is 13.2 Å². The number of benzene rings is 3. The van der Waals surface area contributed by atoms with Crippen molar-refractivity contribution in [3.8, 4) is 11.4 Å². The summed E-state index contributed by atoms with van der Waals surface area (Å²) in [6, 6.07) is 26.7. The summed E-state index contributed by atoms with van der Waals surface area (Å²) in [4.78, 5) is 0. The van der Waals surface area contributed by atoms with E-state index in [2.05, 4.69) is 64.2 Å². The maximum absolute atomic E-state index is 5.88. The Balaban J connectivity index is 0.00000306. The summed E-state index contributed by atoms with van der Waals surface area (Å²) in [5.74, 6) is 1.84. The van der Waals surface area contributed by atoms with Gasteiger partial charge in [0.05, 0.1) is 5.69 Å². The first-order valence-electron chi connectivity index (χ1n) is 10.7. The molecular formula is C25H28ClN5OS. The first-order valence-corrected chi connectivity index (χ1v) is 11.7. The lowest BCUT2D eigenvalue weighted by Gasteiger charge is -2.09. The number of tetrazole rings is 1. The number of halogens is 1. The molecule has 6 nitrogen and oxygen atoms in total. The Hall–Kier alpha value is -2.87. The van der Waals surface area contributed by atoms with Gasteiger partial charge in [-0.1, -0.05) is 71.9 Å². The number of ether oxygens (including phenoxy) is 1. The first kappa shape index (κ1) is 24.8. The zero-order valence-corrected chi connectivity index (χ0v) is 20.2. The molecule has 172 valence electrons. The maximum Gasteiger partial charge on any atom is 0.214 e. The zero-order chi connectivity index (χ0) is 22.0. The molecule has 0 radical (unpaired) electrons. The normalized spacial score (nSPS) is 10.6. The third-order valence-corrected chi connectivity index (χ3v) is 5.95. The molecule has 0 atom stereocenters. The van der Waals surface area contributed by atoms with Crippen LogP contribution in [0.15, 0.2) is 84.0 Å². The van der Waals surface area contributed by atoms with Crippen LogP contribution >= 0.6 is 24.2 Å². The van der Waals surface area contributed by atoms with Gasteiger partial charge >= 0.3 is 0 Å². The molecule has 4 aromatic rings. The summed E-state index contributed by atoms with van der Waals surface area (Å²) in [5, 5.41) is 16.4. The van der Waals surface area contributed by atoms with E-state index < -0.39 is 0 Å². The highest BCUT2D eigenvalue weighted by molar-refractivity contribution is 7.99. The van der Waals surface area contributed by atoms with E-state index in [1.165, 1.54) is 16.7 Å². The minimum atomic E-state index is 0. The number of thioether (sulfide) groups is 1. The number of aryl methyl sites for hydroxylation is 1. The van der Waals surface area contributed by atoms with Crippen molar-refractivity contribution in [3.05, 3.63) is 95.6 Å². The Morgan fingerprint density at radius 2 is 1.64 bits per heavy atom. The van der Waals surface area contributed by atoms with Crippen molar-refractivity contribution in [2.24, 2.45) is 0 Å². The first-order chi connectivity index (χ1) is 15.8. The Labute approximate surface area is 205 Å². The Kier molecular flexibility index (Phi) is 9.75. The summed E-state index contributed by atoms with van der Waals surface area (Å²) < 4.78 is 7.66. The van der Waals surface area contributed by atoms with Crippen molar-refractivity contribution >= 4 is 24.2 Å². The predicted octanol–water partition coefficient (Wildman–Crippen LogP) is 5.24. The Morgan fingerprint density at radius 3 is 2.39 bits per heavy atom. The molecule has 8 heteroatoms. The number of rotatable bonds is 11. The lowest BCUT2D eigenvalue weighted by Crippen LogP contribution is -2.15. The molecule has 4 rings (SSSR count). The van der Waals surface area contributed by atoms with E-state index in [0.29, 0.717) is 6.61 Å². The van der Waals surface area contributed by atoms with Gasteiger partial charge in [-0.25, -0.2) is 0 Å². The average molecular weight is 482 g/mol. The minimum absolute atomic E-state index is 0. The molecule has 1 N–H and O–H groups in total. The molecule has 0 saturated heterocycles. The van der Waals surface area contributed by atoms with Crippen LogP contribution in [0, 0.1) is 6.92 Å². The summed E-state index contributed by atoms with van der Waals surface area (Å²) >= 11 is 1.67. The molecule has 0 aliphatic heterocycles. The highest BCUT2D eigenvalue weighted by Crippen LogP contribution is 2.18. The number of nitrogens with one attached hydrogen (secondary N) is 1. The van der Waals surface area contributed by atoms with Crippen LogP contribution in [0.1, 0.15) is 23.1 Å². The molecule has 33 heavy (non-hydrogen) atoms. The topological polar surface area (TPSA) is 64.9 Å². The molecule has 1 heterocycles. The number of aromatic nitrogens is 4. The smallest absolute Gasteiger partial charge is 0.214 e. The zero-order valence-electron chi connectivity index (χ0n) is 18.6. The summed E-state index contributed by atoms with van der Waals surface area (Å²) in [6.07, 6.45) is 1.03. The SMILES string of the molecule is Cc1ccc(COc2ccc(CNCCCSc3nnnn3-c3ccccc3)cc2)cc1.Cl. The van der Waals surface area contributed by atoms with Gasteiger partial charge in [0.15, 0.2) is 0 Å². The second-order valence-electron chi connectivity index (χ2n) is 7.51. The van der Waals surface area contributed by atoms with Gasteiger partial charge in [-0.3, -0.25) is 0 Å². The van der Waals surface area contributed by atoms with Gasteiger partial charge in [0, 0.05) is 12.3 Å². The molecule has 1 aromatic heterocycles. The quantitative estimate of drug-likeness (QED) is 0.233. The molecule has 0 fully saturated rings. The van der Waals surface area contributed by atoms with Crippen molar-refractivity contribution in [1.29, 1.82) is 0 Å². The summed E-state index contributed by atoms with van der Waals surface area (Å²) in [5.41, 5.74) is 4.66. The number of nitrogens with zero attached hydrogens (tertiary/aromatic N) is 4. The van der Waals surface area contributed by atoms with Crippen molar-refractivity contribution in [2.45, 2.75) is 31.7 Å². The van der Waals surface area contributed by atoms with Gasteiger partial charge in [-0.15, -0.1) is 17.5 Å². The minimum Gasteiger partial charge on any atom is -0.489 e. The van der Waals surface area contributed by atoms with Crippen molar-refractivity contribution < 1.29 is 4.74 Å². The third kappa shape index (κ3) is 7.60. The molecule has 0 bridgehead atoms. The van der Waals surface area contributed by atoms with Crippen LogP contribution in [0.3, 0.4) is 0 Å². The standard InChI is InChI=1S/C25H27N5OS.ClH/c1-20-8-10-22(11-9-20)19-31-24-14-12-21(13-15-24)18-26-16-5-17-32-25-27-28-29-30(25)23-6-3-2-4-7-23;/h2-4,6-15,26H,5,16-19H2,1H3;1H. The van der Waals surface area contributed by atoms with E-state index in [4.69, 9.17) is 4.74 Å². The van der Waals surface area contributed by atoms with Gasteiger partial charge in [-0.2, -0.15) is 4.68 Å². The average Bonchev–Trinajstić information content (AvgIpc) is 3.31. The Bertz CT molecular complexity index is 1090. The van der Waals surface area contributed by atoms with Crippen LogP contribution < -0.4 is 10.1 Å². The summed E-state index contributed by atoms with van der Waals surface area (Å²) in [7, 11) is 0. The van der Waals surface area contributed by atoms with Gasteiger partial charge in [0.25, 0.3) is 0 Å². The lowest BCUT2D eigenvalue weighted by molar-refractivity contribution is 0.306. The highest BCUT2D eigenvalue weighted by Gasteiger charge is 2.08. The fourth-order valence-corrected chi connectivity index (χ4v) is 3.98. The van der Waals surface area contributed by atoms with Crippen LogP contribution in [0.25, 0.3) is 5.69 Å². The fourth-order valence-electron chi connectivity index (χ4n) is 3.15. The van der Waals surface area contributed by atoms with Gasteiger partial charge in [0.2, 0.25) is 5.16 Å². The van der Waals surface area contributed by atoms with E-state index in [-0.39, 0.29) is 12.4 Å². The maximum atomic E-state index is 5.88.